The molecule has 3 N–H and O–H groups in total. The summed E-state index contributed by atoms with van der Waals surface area (Å²) in [6.07, 6.45) is 3.30. The molecule has 0 aromatic carbocycles. The molecule has 0 saturated carbocycles. The minimum absolute atomic E-state index is 0.322. The lowest BCUT2D eigenvalue weighted by molar-refractivity contribution is 0.218. The maximum atomic E-state index is 11.4. The largest absolute Gasteiger partial charge is 0.385 e. The Hall–Kier alpha value is -1.36. The number of nitrogens with one attached hydrogen (secondary N) is 1. The Labute approximate surface area is 116 Å². The average molecular weight is 277 g/mol. The van der Waals surface area contributed by atoms with Crippen LogP contribution in [-0.4, -0.2) is 9.97 Å². The Bertz CT molecular complexity index is 693. The third-order valence-electron chi connectivity index (χ3n) is 4.19. The van der Waals surface area contributed by atoms with Crippen LogP contribution in [-0.2, 0) is 12.8 Å². The quantitative estimate of drug-likeness (QED) is 0.777. The molecular formula is C14H19N3OS. The predicted octanol–water partition coefficient (Wildman–Crippen LogP) is 2.72. The number of aromatic nitrogens is 2. The SMILES string of the molecule is CC(C)(C)C1CCc2c(sc3nc(=O)[nH]c(N)c23)C1. The van der Waals surface area contributed by atoms with Crippen molar-refractivity contribution in [3.8, 4) is 0 Å². The first-order valence-electron chi connectivity index (χ1n) is 6.66. The summed E-state index contributed by atoms with van der Waals surface area (Å²) in [5.41, 5.74) is 7.24. The fourth-order valence-corrected chi connectivity index (χ4v) is 4.27. The van der Waals surface area contributed by atoms with Gasteiger partial charge in [0.25, 0.3) is 0 Å². The molecule has 0 amide bonds. The van der Waals surface area contributed by atoms with Crippen LogP contribution in [0, 0.1) is 11.3 Å². The summed E-state index contributed by atoms with van der Waals surface area (Å²) in [5.74, 6) is 1.16. The molecule has 2 aromatic heterocycles. The zero-order chi connectivity index (χ0) is 13.8. The van der Waals surface area contributed by atoms with E-state index in [1.54, 1.807) is 11.3 Å². The number of hydrogen-bond acceptors (Lipinski definition) is 4. The number of thiophene rings is 1. The molecule has 1 unspecified atom stereocenters. The minimum Gasteiger partial charge on any atom is -0.385 e. The molecule has 4 nitrogen and oxygen atoms in total. The number of anilines is 1. The molecular weight excluding hydrogens is 258 g/mol. The summed E-state index contributed by atoms with van der Waals surface area (Å²) in [7, 11) is 0. The van der Waals surface area contributed by atoms with Crippen molar-refractivity contribution in [2.45, 2.75) is 40.0 Å². The Morgan fingerprint density at radius 3 is 2.84 bits per heavy atom. The molecule has 102 valence electrons. The Morgan fingerprint density at radius 1 is 1.42 bits per heavy atom. The van der Waals surface area contributed by atoms with Gasteiger partial charge in [-0.15, -0.1) is 11.3 Å². The summed E-state index contributed by atoms with van der Waals surface area (Å²) in [6, 6.07) is 0. The number of hydrogen-bond donors (Lipinski definition) is 2. The average Bonchev–Trinajstić information content (AvgIpc) is 2.64. The Morgan fingerprint density at radius 2 is 2.16 bits per heavy atom. The number of nitrogens with two attached hydrogens (primary N) is 1. The van der Waals surface area contributed by atoms with Crippen LogP contribution >= 0.6 is 11.3 Å². The maximum Gasteiger partial charge on any atom is 0.347 e. The van der Waals surface area contributed by atoms with E-state index in [0.717, 1.165) is 23.1 Å². The molecule has 0 radical (unpaired) electrons. The molecule has 0 fully saturated rings. The molecule has 0 aliphatic heterocycles. The van der Waals surface area contributed by atoms with Gasteiger partial charge < -0.3 is 5.73 Å². The van der Waals surface area contributed by atoms with E-state index < -0.39 is 0 Å². The van der Waals surface area contributed by atoms with Gasteiger partial charge in [-0.3, -0.25) is 4.98 Å². The van der Waals surface area contributed by atoms with E-state index in [2.05, 4.69) is 30.7 Å². The molecule has 19 heavy (non-hydrogen) atoms. The molecule has 3 rings (SSSR count). The Balaban J connectivity index is 2.13. The number of rotatable bonds is 0. The highest BCUT2D eigenvalue weighted by Crippen LogP contribution is 2.43. The van der Waals surface area contributed by atoms with Crippen LogP contribution in [0.3, 0.4) is 0 Å². The van der Waals surface area contributed by atoms with E-state index in [9.17, 15) is 4.79 Å². The van der Waals surface area contributed by atoms with Crippen molar-refractivity contribution in [3.63, 3.8) is 0 Å². The lowest BCUT2D eigenvalue weighted by Crippen LogP contribution is -2.26. The minimum atomic E-state index is -0.351. The highest BCUT2D eigenvalue weighted by atomic mass is 32.1. The second-order valence-corrected chi connectivity index (χ2v) is 7.53. The van der Waals surface area contributed by atoms with Gasteiger partial charge in [0, 0.05) is 4.88 Å². The third-order valence-corrected chi connectivity index (χ3v) is 5.33. The van der Waals surface area contributed by atoms with Crippen molar-refractivity contribution in [2.24, 2.45) is 11.3 Å². The Kier molecular flexibility index (Phi) is 2.71. The van der Waals surface area contributed by atoms with Gasteiger partial charge in [0.05, 0.1) is 5.39 Å². The molecule has 1 aliphatic rings. The molecule has 0 spiro atoms. The molecule has 2 heterocycles. The highest BCUT2D eigenvalue weighted by molar-refractivity contribution is 7.19. The second-order valence-electron chi connectivity index (χ2n) is 6.45. The highest BCUT2D eigenvalue weighted by Gasteiger charge is 2.31. The number of aryl methyl sites for hydroxylation is 1. The van der Waals surface area contributed by atoms with Crippen LogP contribution < -0.4 is 11.4 Å². The van der Waals surface area contributed by atoms with Crippen LogP contribution in [0.1, 0.15) is 37.6 Å². The second kappa shape index (κ2) is 4.07. The van der Waals surface area contributed by atoms with Gasteiger partial charge in [-0.05, 0) is 36.2 Å². The molecule has 2 aromatic rings. The summed E-state index contributed by atoms with van der Waals surface area (Å²) in [6.45, 7) is 6.89. The van der Waals surface area contributed by atoms with Gasteiger partial charge in [0.1, 0.15) is 10.6 Å². The van der Waals surface area contributed by atoms with E-state index in [4.69, 9.17) is 5.73 Å². The zero-order valence-electron chi connectivity index (χ0n) is 11.5. The standard InChI is InChI=1S/C14H19N3OS/c1-14(2,3)7-4-5-8-9(6-7)19-12-10(8)11(15)16-13(18)17-12/h7H,4-6H2,1-3H3,(H3,15,16,17,18). The van der Waals surface area contributed by atoms with Crippen molar-refractivity contribution in [2.75, 3.05) is 5.73 Å². The normalized spacial score (nSPS) is 19.6. The summed E-state index contributed by atoms with van der Waals surface area (Å²) < 4.78 is 0. The monoisotopic (exact) mass is 277 g/mol. The van der Waals surface area contributed by atoms with E-state index in [0.29, 0.717) is 17.2 Å². The number of H-pyrrole nitrogens is 1. The van der Waals surface area contributed by atoms with E-state index in [1.807, 2.05) is 0 Å². The molecule has 1 atom stereocenters. The molecule has 0 saturated heterocycles. The van der Waals surface area contributed by atoms with Crippen LogP contribution in [0.25, 0.3) is 10.2 Å². The maximum absolute atomic E-state index is 11.4. The lowest BCUT2D eigenvalue weighted by atomic mass is 9.72. The molecule has 5 heteroatoms. The summed E-state index contributed by atoms with van der Waals surface area (Å²) in [4.78, 5) is 20.2. The molecule has 1 aliphatic carbocycles. The van der Waals surface area contributed by atoms with Crippen LogP contribution in [0.5, 0.6) is 0 Å². The van der Waals surface area contributed by atoms with Crippen molar-refractivity contribution < 1.29 is 0 Å². The fourth-order valence-electron chi connectivity index (χ4n) is 2.97. The lowest BCUT2D eigenvalue weighted by Gasteiger charge is -2.33. The number of nitrogens with zero attached hydrogens (tertiary/aromatic N) is 1. The predicted molar refractivity (Wildman–Crippen MR) is 79.6 cm³/mol. The first kappa shape index (κ1) is 12.7. The van der Waals surface area contributed by atoms with Crippen molar-refractivity contribution in [1.29, 1.82) is 0 Å². The zero-order valence-corrected chi connectivity index (χ0v) is 12.4. The summed E-state index contributed by atoms with van der Waals surface area (Å²) >= 11 is 1.64. The van der Waals surface area contributed by atoms with Crippen LogP contribution in [0.15, 0.2) is 4.79 Å². The number of fused-ring (bicyclic) bond motifs is 3. The van der Waals surface area contributed by atoms with Crippen molar-refractivity contribution in [3.05, 3.63) is 20.9 Å². The van der Waals surface area contributed by atoms with Gasteiger partial charge >= 0.3 is 5.69 Å². The molecule has 0 bridgehead atoms. The fraction of sp³-hybridized carbons (Fsp3) is 0.571. The van der Waals surface area contributed by atoms with E-state index in [1.165, 1.54) is 16.9 Å². The van der Waals surface area contributed by atoms with Gasteiger partial charge in [-0.25, -0.2) is 4.79 Å². The first-order valence-corrected chi connectivity index (χ1v) is 7.48. The van der Waals surface area contributed by atoms with Gasteiger partial charge in [-0.1, -0.05) is 20.8 Å². The van der Waals surface area contributed by atoms with Crippen molar-refractivity contribution >= 4 is 27.4 Å². The third kappa shape index (κ3) is 2.06. The first-order chi connectivity index (χ1) is 8.86. The number of aromatic amines is 1. The van der Waals surface area contributed by atoms with Crippen LogP contribution in [0.4, 0.5) is 5.82 Å². The van der Waals surface area contributed by atoms with Gasteiger partial charge in [0.15, 0.2) is 0 Å². The van der Waals surface area contributed by atoms with E-state index in [-0.39, 0.29) is 5.69 Å². The van der Waals surface area contributed by atoms with Crippen molar-refractivity contribution in [1.82, 2.24) is 9.97 Å². The van der Waals surface area contributed by atoms with Crippen LogP contribution in [0.2, 0.25) is 0 Å². The number of nitrogen functional groups attached to an aromatic ring is 1. The smallest absolute Gasteiger partial charge is 0.347 e. The van der Waals surface area contributed by atoms with E-state index >= 15 is 0 Å². The van der Waals surface area contributed by atoms with Gasteiger partial charge in [0.2, 0.25) is 0 Å². The topological polar surface area (TPSA) is 71.8 Å². The summed E-state index contributed by atoms with van der Waals surface area (Å²) in [5, 5.41) is 0.979. The van der Waals surface area contributed by atoms with Gasteiger partial charge in [-0.2, -0.15) is 4.98 Å².